The molecular weight excluding hydrogens is 289 g/mol. The molecule has 0 aliphatic carbocycles. The first-order valence-corrected chi connectivity index (χ1v) is 6.55. The molecule has 2 N–H and O–H groups in total. The summed E-state index contributed by atoms with van der Waals surface area (Å²) < 4.78 is 39.5. The van der Waals surface area contributed by atoms with Crippen molar-refractivity contribution in [2.75, 3.05) is 0 Å². The molecule has 0 aliphatic heterocycles. The average Bonchev–Trinajstić information content (AvgIpc) is 3.06. The predicted octanol–water partition coefficient (Wildman–Crippen LogP) is 2.86. The Morgan fingerprint density at radius 2 is 2.00 bits per heavy atom. The van der Waals surface area contributed by atoms with E-state index in [1.54, 1.807) is 0 Å². The van der Waals surface area contributed by atoms with Gasteiger partial charge in [-0.25, -0.2) is 0 Å². The standard InChI is InChI=1S/C12H9F3N4S/c13-12(14,15)7-3-4-9-17-18-11(19(9)6-7)10(16)8-2-1-5-20-8/h1-6,10H,16H2. The molecule has 1 unspecified atom stereocenters. The molecule has 0 aromatic carbocycles. The van der Waals surface area contributed by atoms with Crippen LogP contribution in [0.2, 0.25) is 0 Å². The second kappa shape index (κ2) is 4.57. The zero-order valence-corrected chi connectivity index (χ0v) is 10.8. The summed E-state index contributed by atoms with van der Waals surface area (Å²) in [5, 5.41) is 9.59. The first kappa shape index (κ1) is 13.1. The maximum Gasteiger partial charge on any atom is 0.417 e. The Bertz CT molecular complexity index is 733. The van der Waals surface area contributed by atoms with Crippen LogP contribution in [0.3, 0.4) is 0 Å². The van der Waals surface area contributed by atoms with E-state index in [1.165, 1.54) is 21.8 Å². The minimum Gasteiger partial charge on any atom is -0.317 e. The van der Waals surface area contributed by atoms with Gasteiger partial charge in [0.1, 0.15) is 6.04 Å². The highest BCUT2D eigenvalue weighted by atomic mass is 32.1. The van der Waals surface area contributed by atoms with Gasteiger partial charge in [0.05, 0.1) is 5.56 Å². The van der Waals surface area contributed by atoms with E-state index < -0.39 is 17.8 Å². The molecule has 0 bridgehead atoms. The van der Waals surface area contributed by atoms with Gasteiger partial charge in [-0.3, -0.25) is 4.40 Å². The first-order valence-electron chi connectivity index (χ1n) is 5.67. The molecule has 8 heteroatoms. The topological polar surface area (TPSA) is 56.2 Å². The third-order valence-electron chi connectivity index (χ3n) is 2.88. The number of hydrogen-bond donors (Lipinski definition) is 1. The number of rotatable bonds is 2. The minimum atomic E-state index is -4.41. The third-order valence-corrected chi connectivity index (χ3v) is 3.84. The predicted molar refractivity (Wildman–Crippen MR) is 68.3 cm³/mol. The van der Waals surface area contributed by atoms with Gasteiger partial charge in [-0.1, -0.05) is 6.07 Å². The number of nitrogens with two attached hydrogens (primary N) is 1. The van der Waals surface area contributed by atoms with E-state index in [1.807, 2.05) is 17.5 Å². The van der Waals surface area contributed by atoms with E-state index in [0.717, 1.165) is 17.1 Å². The van der Waals surface area contributed by atoms with Gasteiger partial charge in [0.25, 0.3) is 0 Å². The van der Waals surface area contributed by atoms with Crippen LogP contribution in [0.25, 0.3) is 5.65 Å². The lowest BCUT2D eigenvalue weighted by atomic mass is 10.2. The fourth-order valence-corrected chi connectivity index (χ4v) is 2.61. The molecule has 0 radical (unpaired) electrons. The molecular formula is C12H9F3N4S. The van der Waals surface area contributed by atoms with Crippen molar-refractivity contribution in [3.63, 3.8) is 0 Å². The summed E-state index contributed by atoms with van der Waals surface area (Å²) in [5.74, 6) is 0.286. The molecule has 104 valence electrons. The lowest BCUT2D eigenvalue weighted by molar-refractivity contribution is -0.137. The third kappa shape index (κ3) is 2.16. The second-order valence-electron chi connectivity index (χ2n) is 4.20. The quantitative estimate of drug-likeness (QED) is 0.791. The Balaban J connectivity index is 2.12. The van der Waals surface area contributed by atoms with Crippen LogP contribution in [-0.4, -0.2) is 14.6 Å². The van der Waals surface area contributed by atoms with E-state index in [9.17, 15) is 13.2 Å². The van der Waals surface area contributed by atoms with E-state index in [-0.39, 0.29) is 5.82 Å². The number of aromatic nitrogens is 3. The fourth-order valence-electron chi connectivity index (χ4n) is 1.88. The number of alkyl halides is 3. The van der Waals surface area contributed by atoms with Crippen LogP contribution in [0.15, 0.2) is 35.8 Å². The number of thiophene rings is 1. The van der Waals surface area contributed by atoms with Gasteiger partial charge in [-0.15, -0.1) is 21.5 Å². The van der Waals surface area contributed by atoms with Crippen LogP contribution in [0.5, 0.6) is 0 Å². The molecule has 3 aromatic heterocycles. The monoisotopic (exact) mass is 298 g/mol. The summed E-state index contributed by atoms with van der Waals surface area (Å²) in [5.41, 5.74) is 5.61. The highest BCUT2D eigenvalue weighted by molar-refractivity contribution is 7.10. The Labute approximate surface area is 115 Å². The summed E-state index contributed by atoms with van der Waals surface area (Å²) in [6.45, 7) is 0. The van der Waals surface area contributed by atoms with Crippen LogP contribution >= 0.6 is 11.3 Å². The maximum atomic E-state index is 12.7. The number of fused-ring (bicyclic) bond motifs is 1. The zero-order chi connectivity index (χ0) is 14.3. The van der Waals surface area contributed by atoms with Gasteiger partial charge >= 0.3 is 6.18 Å². The number of nitrogens with zero attached hydrogens (tertiary/aromatic N) is 3. The lowest BCUT2D eigenvalue weighted by Gasteiger charge is -2.10. The number of pyridine rings is 1. The zero-order valence-electron chi connectivity index (χ0n) is 10.0. The molecule has 3 heterocycles. The molecule has 0 saturated heterocycles. The molecule has 0 amide bonds. The van der Waals surface area contributed by atoms with Crippen molar-refractivity contribution in [2.24, 2.45) is 5.73 Å². The van der Waals surface area contributed by atoms with Crippen LogP contribution in [-0.2, 0) is 6.18 Å². The largest absolute Gasteiger partial charge is 0.417 e. The molecule has 20 heavy (non-hydrogen) atoms. The summed E-state index contributed by atoms with van der Waals surface area (Å²) in [6.07, 6.45) is -3.44. The van der Waals surface area contributed by atoms with E-state index in [4.69, 9.17) is 5.73 Å². The van der Waals surface area contributed by atoms with Crippen molar-refractivity contribution in [3.8, 4) is 0 Å². The summed E-state index contributed by atoms with van der Waals surface area (Å²) in [4.78, 5) is 0.816. The van der Waals surface area contributed by atoms with Crippen molar-refractivity contribution >= 4 is 17.0 Å². The summed E-state index contributed by atoms with van der Waals surface area (Å²) >= 11 is 1.42. The van der Waals surface area contributed by atoms with E-state index in [0.29, 0.717) is 5.65 Å². The Morgan fingerprint density at radius 1 is 1.20 bits per heavy atom. The van der Waals surface area contributed by atoms with Crippen LogP contribution in [0.1, 0.15) is 22.3 Å². The highest BCUT2D eigenvalue weighted by Gasteiger charge is 2.31. The van der Waals surface area contributed by atoms with Crippen LogP contribution < -0.4 is 5.73 Å². The van der Waals surface area contributed by atoms with Gasteiger partial charge in [-0.2, -0.15) is 13.2 Å². The molecule has 3 aromatic rings. The molecule has 0 saturated carbocycles. The number of hydrogen-bond acceptors (Lipinski definition) is 4. The van der Waals surface area contributed by atoms with Crippen LogP contribution in [0.4, 0.5) is 13.2 Å². The van der Waals surface area contributed by atoms with Gasteiger partial charge in [0.15, 0.2) is 11.5 Å². The molecule has 1 atom stereocenters. The molecule has 0 spiro atoms. The van der Waals surface area contributed by atoms with E-state index in [2.05, 4.69) is 10.2 Å². The van der Waals surface area contributed by atoms with Gasteiger partial charge in [-0.05, 0) is 23.6 Å². The van der Waals surface area contributed by atoms with Crippen molar-refractivity contribution < 1.29 is 13.2 Å². The highest BCUT2D eigenvalue weighted by Crippen LogP contribution is 2.30. The minimum absolute atomic E-state index is 0.286. The van der Waals surface area contributed by atoms with Gasteiger partial charge in [0.2, 0.25) is 0 Å². The summed E-state index contributed by atoms with van der Waals surface area (Å²) in [6, 6.07) is 5.28. The van der Waals surface area contributed by atoms with E-state index >= 15 is 0 Å². The van der Waals surface area contributed by atoms with Crippen molar-refractivity contribution in [2.45, 2.75) is 12.2 Å². The van der Waals surface area contributed by atoms with Crippen molar-refractivity contribution in [3.05, 3.63) is 52.1 Å². The van der Waals surface area contributed by atoms with Gasteiger partial charge in [0, 0.05) is 11.1 Å². The Morgan fingerprint density at radius 3 is 2.65 bits per heavy atom. The molecule has 4 nitrogen and oxygen atoms in total. The number of halogens is 3. The lowest BCUT2D eigenvalue weighted by Crippen LogP contribution is -2.15. The fraction of sp³-hybridized carbons (Fsp3) is 0.167. The first-order chi connectivity index (χ1) is 9.47. The maximum absolute atomic E-state index is 12.7. The SMILES string of the molecule is NC(c1cccs1)c1nnc2ccc(C(F)(F)F)cn12. The molecule has 3 rings (SSSR count). The second-order valence-corrected chi connectivity index (χ2v) is 5.17. The molecule has 0 fully saturated rings. The smallest absolute Gasteiger partial charge is 0.317 e. The van der Waals surface area contributed by atoms with Crippen LogP contribution in [0, 0.1) is 0 Å². The Hall–Kier alpha value is -1.93. The average molecular weight is 298 g/mol. The van der Waals surface area contributed by atoms with Crippen molar-refractivity contribution in [1.29, 1.82) is 0 Å². The molecule has 0 aliphatic rings. The Kier molecular flexibility index (Phi) is 2.98. The summed E-state index contributed by atoms with van der Waals surface area (Å²) in [7, 11) is 0. The normalized spacial score (nSPS) is 13.8. The van der Waals surface area contributed by atoms with Gasteiger partial charge < -0.3 is 5.73 Å². The van der Waals surface area contributed by atoms with Crippen molar-refractivity contribution in [1.82, 2.24) is 14.6 Å².